The fourth-order valence-corrected chi connectivity index (χ4v) is 2.56. The summed E-state index contributed by atoms with van der Waals surface area (Å²) < 4.78 is 0. The number of nitrogens with two attached hydrogens (primary N) is 1. The van der Waals surface area contributed by atoms with E-state index in [4.69, 9.17) is 17.4 Å². The summed E-state index contributed by atoms with van der Waals surface area (Å²) in [6.45, 7) is 2.84. The van der Waals surface area contributed by atoms with Gasteiger partial charge in [-0.1, -0.05) is 24.9 Å². The fourth-order valence-electron chi connectivity index (χ4n) is 2.37. The quantitative estimate of drug-likeness (QED) is 0.572. The molecular weight excluding hydrogens is 264 g/mol. The predicted octanol–water partition coefficient (Wildman–Crippen LogP) is 2.33. The van der Waals surface area contributed by atoms with Crippen LogP contribution in [0.25, 0.3) is 0 Å². The lowest BCUT2D eigenvalue weighted by Gasteiger charge is -2.41. The van der Waals surface area contributed by atoms with Crippen molar-refractivity contribution in [1.29, 1.82) is 0 Å². The molecule has 0 bridgehead atoms. The third-order valence-electron chi connectivity index (χ3n) is 4.00. The Bertz CT molecular complexity index is 468. The Hall–Kier alpha value is -1.33. The number of halogens is 1. The number of hydrazine groups is 1. The van der Waals surface area contributed by atoms with E-state index in [0.29, 0.717) is 17.4 Å². The summed E-state index contributed by atoms with van der Waals surface area (Å²) in [5.41, 5.74) is 2.89. The van der Waals surface area contributed by atoms with E-state index in [1.165, 1.54) is 19.3 Å². The van der Waals surface area contributed by atoms with Crippen LogP contribution in [0.4, 0.5) is 5.82 Å². The summed E-state index contributed by atoms with van der Waals surface area (Å²) in [6.07, 6.45) is 4.68. The van der Waals surface area contributed by atoms with Crippen LogP contribution < -0.4 is 16.6 Å². The van der Waals surface area contributed by atoms with Crippen LogP contribution in [0, 0.1) is 5.41 Å². The van der Waals surface area contributed by atoms with Crippen molar-refractivity contribution in [3.8, 4) is 0 Å². The Kier molecular flexibility index (Phi) is 4.27. The molecule has 104 valence electrons. The van der Waals surface area contributed by atoms with E-state index >= 15 is 0 Å². The molecule has 0 saturated heterocycles. The Balaban J connectivity index is 2.03. The van der Waals surface area contributed by atoms with E-state index < -0.39 is 0 Å². The van der Waals surface area contributed by atoms with Gasteiger partial charge in [0.05, 0.1) is 5.02 Å². The van der Waals surface area contributed by atoms with Crippen molar-refractivity contribution in [1.82, 2.24) is 10.3 Å². The van der Waals surface area contributed by atoms with Gasteiger partial charge < -0.3 is 10.7 Å². The molecule has 1 amide bonds. The van der Waals surface area contributed by atoms with Gasteiger partial charge in [-0.2, -0.15) is 0 Å². The molecule has 0 aliphatic heterocycles. The maximum absolute atomic E-state index is 12.1. The van der Waals surface area contributed by atoms with Crippen LogP contribution in [0.1, 0.15) is 43.1 Å². The Morgan fingerprint density at radius 1 is 1.53 bits per heavy atom. The number of hydrogen-bond acceptors (Lipinski definition) is 4. The van der Waals surface area contributed by atoms with Crippen molar-refractivity contribution in [3.63, 3.8) is 0 Å². The molecule has 4 N–H and O–H groups in total. The molecular formula is C13H19ClN4O. The molecule has 1 heterocycles. The van der Waals surface area contributed by atoms with Crippen molar-refractivity contribution in [2.24, 2.45) is 11.3 Å². The molecule has 0 atom stereocenters. The van der Waals surface area contributed by atoms with Crippen LogP contribution in [0.5, 0.6) is 0 Å². The van der Waals surface area contributed by atoms with Crippen molar-refractivity contribution < 1.29 is 4.79 Å². The third-order valence-corrected chi connectivity index (χ3v) is 4.30. The van der Waals surface area contributed by atoms with Crippen LogP contribution in [0.3, 0.4) is 0 Å². The lowest BCUT2D eigenvalue weighted by atomic mass is 9.67. The van der Waals surface area contributed by atoms with Crippen molar-refractivity contribution in [3.05, 3.63) is 22.8 Å². The first-order chi connectivity index (χ1) is 9.10. The van der Waals surface area contributed by atoms with Gasteiger partial charge in [-0.15, -0.1) is 0 Å². The minimum Gasteiger partial charge on any atom is -0.350 e. The standard InChI is InChI=1S/C13H19ClN4O/c1-2-13(6-3-7-13)8-16-12(19)11-9(14)4-5-10(17-11)18-15/h4-5H,2-3,6-8,15H2,1H3,(H,16,19)(H,17,18). The minimum atomic E-state index is -0.248. The molecule has 0 spiro atoms. The highest BCUT2D eigenvalue weighted by Gasteiger charge is 2.35. The first-order valence-corrected chi connectivity index (χ1v) is 6.89. The maximum atomic E-state index is 12.1. The van der Waals surface area contributed by atoms with E-state index in [-0.39, 0.29) is 17.0 Å². The zero-order valence-electron chi connectivity index (χ0n) is 11.0. The summed E-state index contributed by atoms with van der Waals surface area (Å²) in [6, 6.07) is 3.23. The number of amides is 1. The number of hydrogen-bond donors (Lipinski definition) is 3. The van der Waals surface area contributed by atoms with Crippen LogP contribution >= 0.6 is 11.6 Å². The number of nitrogens with zero attached hydrogens (tertiary/aromatic N) is 1. The molecule has 1 fully saturated rings. The van der Waals surface area contributed by atoms with Crippen molar-refractivity contribution in [2.45, 2.75) is 32.6 Å². The molecule has 5 nitrogen and oxygen atoms in total. The fraction of sp³-hybridized carbons (Fsp3) is 0.538. The normalized spacial score (nSPS) is 16.6. The number of nitrogens with one attached hydrogen (secondary N) is 2. The summed E-state index contributed by atoms with van der Waals surface area (Å²) in [5, 5.41) is 3.26. The molecule has 19 heavy (non-hydrogen) atoms. The van der Waals surface area contributed by atoms with Crippen LogP contribution in [-0.4, -0.2) is 17.4 Å². The summed E-state index contributed by atoms with van der Waals surface area (Å²) in [7, 11) is 0. The summed E-state index contributed by atoms with van der Waals surface area (Å²) >= 11 is 5.99. The molecule has 0 aromatic carbocycles. The Morgan fingerprint density at radius 3 is 2.79 bits per heavy atom. The zero-order valence-corrected chi connectivity index (χ0v) is 11.8. The Labute approximate surface area is 117 Å². The number of nitrogen functional groups attached to an aromatic ring is 1. The minimum absolute atomic E-state index is 0.211. The number of aromatic nitrogens is 1. The molecule has 6 heteroatoms. The summed E-state index contributed by atoms with van der Waals surface area (Å²) in [4.78, 5) is 16.2. The highest BCUT2D eigenvalue weighted by atomic mass is 35.5. The number of pyridine rings is 1. The van der Waals surface area contributed by atoms with Crippen LogP contribution in [0.15, 0.2) is 12.1 Å². The van der Waals surface area contributed by atoms with Gasteiger partial charge in [0.25, 0.3) is 5.91 Å². The topological polar surface area (TPSA) is 80.0 Å². The molecule has 1 aliphatic rings. The lowest BCUT2D eigenvalue weighted by molar-refractivity contribution is 0.0846. The number of anilines is 1. The van der Waals surface area contributed by atoms with E-state index in [1.54, 1.807) is 12.1 Å². The monoisotopic (exact) mass is 282 g/mol. The van der Waals surface area contributed by atoms with Crippen molar-refractivity contribution >= 4 is 23.3 Å². The van der Waals surface area contributed by atoms with Gasteiger partial charge >= 0.3 is 0 Å². The van der Waals surface area contributed by atoms with Crippen LogP contribution in [0.2, 0.25) is 5.02 Å². The SMILES string of the molecule is CCC1(CNC(=O)c2nc(NN)ccc2Cl)CCC1. The molecule has 1 aliphatic carbocycles. The second-order valence-electron chi connectivity index (χ2n) is 5.06. The van der Waals surface area contributed by atoms with E-state index in [1.807, 2.05) is 0 Å². The highest BCUT2D eigenvalue weighted by molar-refractivity contribution is 6.33. The first kappa shape index (κ1) is 14.1. The van der Waals surface area contributed by atoms with Gasteiger partial charge in [0, 0.05) is 6.54 Å². The maximum Gasteiger partial charge on any atom is 0.271 e. The first-order valence-electron chi connectivity index (χ1n) is 6.51. The molecule has 1 aromatic rings. The number of rotatable bonds is 5. The molecule has 1 aromatic heterocycles. The lowest BCUT2D eigenvalue weighted by Crippen LogP contribution is -2.42. The summed E-state index contributed by atoms with van der Waals surface area (Å²) in [5.74, 6) is 5.45. The molecule has 0 unspecified atom stereocenters. The smallest absolute Gasteiger partial charge is 0.271 e. The van der Waals surface area contributed by atoms with Gasteiger partial charge in [0.2, 0.25) is 0 Å². The van der Waals surface area contributed by atoms with Gasteiger partial charge in [0.15, 0.2) is 0 Å². The second-order valence-corrected chi connectivity index (χ2v) is 5.47. The van der Waals surface area contributed by atoms with Gasteiger partial charge in [-0.3, -0.25) is 4.79 Å². The number of carbonyl (C=O) groups is 1. The molecule has 0 radical (unpaired) electrons. The molecule has 1 saturated carbocycles. The predicted molar refractivity (Wildman–Crippen MR) is 76.0 cm³/mol. The largest absolute Gasteiger partial charge is 0.350 e. The second kappa shape index (κ2) is 5.75. The van der Waals surface area contributed by atoms with E-state index in [0.717, 1.165) is 6.42 Å². The van der Waals surface area contributed by atoms with Gasteiger partial charge in [-0.25, -0.2) is 10.8 Å². The van der Waals surface area contributed by atoms with E-state index in [2.05, 4.69) is 22.7 Å². The average molecular weight is 283 g/mol. The number of carbonyl (C=O) groups excluding carboxylic acids is 1. The Morgan fingerprint density at radius 2 is 2.26 bits per heavy atom. The van der Waals surface area contributed by atoms with Crippen LogP contribution in [-0.2, 0) is 0 Å². The van der Waals surface area contributed by atoms with Crippen molar-refractivity contribution in [2.75, 3.05) is 12.0 Å². The highest BCUT2D eigenvalue weighted by Crippen LogP contribution is 2.43. The van der Waals surface area contributed by atoms with Gasteiger partial charge in [0.1, 0.15) is 11.5 Å². The van der Waals surface area contributed by atoms with E-state index in [9.17, 15) is 4.79 Å². The molecule has 2 rings (SSSR count). The average Bonchev–Trinajstić information content (AvgIpc) is 2.38. The zero-order chi connectivity index (χ0) is 13.9. The third kappa shape index (κ3) is 2.98. The van der Waals surface area contributed by atoms with Gasteiger partial charge in [-0.05, 0) is 36.8 Å².